The van der Waals surface area contributed by atoms with Crippen LogP contribution in [0.3, 0.4) is 0 Å². The maximum absolute atomic E-state index is 12.0. The SMILES string of the molecule is CCCC1(C(=O)O)CCCN(C(=O)COCCOC)C1. The highest BCUT2D eigenvalue weighted by Gasteiger charge is 2.42. The second-order valence-electron chi connectivity index (χ2n) is 5.30. The van der Waals surface area contributed by atoms with E-state index >= 15 is 0 Å². The maximum atomic E-state index is 12.0. The Morgan fingerprint density at radius 3 is 2.70 bits per heavy atom. The van der Waals surface area contributed by atoms with Gasteiger partial charge in [0.1, 0.15) is 6.61 Å². The third-order valence-electron chi connectivity index (χ3n) is 3.77. The molecule has 0 spiro atoms. The Hall–Kier alpha value is -1.14. The quantitative estimate of drug-likeness (QED) is 0.678. The van der Waals surface area contributed by atoms with Crippen molar-refractivity contribution in [2.24, 2.45) is 5.41 Å². The normalized spacial score (nSPS) is 22.8. The van der Waals surface area contributed by atoms with Crippen LogP contribution in [0.2, 0.25) is 0 Å². The van der Waals surface area contributed by atoms with Gasteiger partial charge in [0.15, 0.2) is 0 Å². The molecule has 1 saturated heterocycles. The van der Waals surface area contributed by atoms with Crippen molar-refractivity contribution in [1.29, 1.82) is 0 Å². The number of carbonyl (C=O) groups is 2. The fraction of sp³-hybridized carbons (Fsp3) is 0.857. The van der Waals surface area contributed by atoms with Crippen molar-refractivity contribution in [1.82, 2.24) is 4.90 Å². The monoisotopic (exact) mass is 287 g/mol. The summed E-state index contributed by atoms with van der Waals surface area (Å²) in [5.41, 5.74) is -0.783. The van der Waals surface area contributed by atoms with Crippen molar-refractivity contribution >= 4 is 11.9 Å². The number of hydrogen-bond donors (Lipinski definition) is 1. The fourth-order valence-electron chi connectivity index (χ4n) is 2.70. The van der Waals surface area contributed by atoms with Gasteiger partial charge < -0.3 is 19.5 Å². The van der Waals surface area contributed by atoms with Gasteiger partial charge in [0, 0.05) is 20.2 Å². The lowest BCUT2D eigenvalue weighted by atomic mass is 9.76. The number of hydrogen-bond acceptors (Lipinski definition) is 4. The zero-order valence-corrected chi connectivity index (χ0v) is 12.4. The molecule has 0 bridgehead atoms. The van der Waals surface area contributed by atoms with Gasteiger partial charge in [-0.1, -0.05) is 13.3 Å². The molecule has 1 aliphatic heterocycles. The summed E-state index contributed by atoms with van der Waals surface area (Å²) in [4.78, 5) is 25.2. The first-order valence-electron chi connectivity index (χ1n) is 7.13. The van der Waals surface area contributed by atoms with Crippen LogP contribution in [0.25, 0.3) is 0 Å². The van der Waals surface area contributed by atoms with E-state index in [1.807, 2.05) is 6.92 Å². The van der Waals surface area contributed by atoms with Gasteiger partial charge in [-0.2, -0.15) is 0 Å². The topological polar surface area (TPSA) is 76.1 Å². The average molecular weight is 287 g/mol. The smallest absolute Gasteiger partial charge is 0.311 e. The van der Waals surface area contributed by atoms with Gasteiger partial charge in [-0.05, 0) is 19.3 Å². The molecule has 1 unspecified atom stereocenters. The number of likely N-dealkylation sites (tertiary alicyclic amines) is 1. The Bertz CT molecular complexity index is 330. The third kappa shape index (κ3) is 4.45. The minimum atomic E-state index is -0.794. The standard InChI is InChI=1S/C14H25NO5/c1-3-5-14(13(17)18)6-4-7-15(11-14)12(16)10-20-9-8-19-2/h3-11H2,1-2H3,(H,17,18). The number of rotatable bonds is 8. The van der Waals surface area contributed by atoms with Gasteiger partial charge >= 0.3 is 5.97 Å². The Labute approximate surface area is 120 Å². The molecule has 1 heterocycles. The summed E-state index contributed by atoms with van der Waals surface area (Å²) in [5, 5.41) is 9.48. The predicted molar refractivity (Wildman–Crippen MR) is 73.5 cm³/mol. The van der Waals surface area contributed by atoms with E-state index in [1.54, 1.807) is 12.0 Å². The van der Waals surface area contributed by atoms with Crippen LogP contribution < -0.4 is 0 Å². The van der Waals surface area contributed by atoms with Gasteiger partial charge in [-0.3, -0.25) is 9.59 Å². The van der Waals surface area contributed by atoms with Crippen molar-refractivity contribution in [3.8, 4) is 0 Å². The fourth-order valence-corrected chi connectivity index (χ4v) is 2.70. The highest BCUT2D eigenvalue weighted by Crippen LogP contribution is 2.35. The number of piperidine rings is 1. The van der Waals surface area contributed by atoms with Crippen LogP contribution in [0.5, 0.6) is 0 Å². The van der Waals surface area contributed by atoms with E-state index in [2.05, 4.69) is 0 Å². The Morgan fingerprint density at radius 1 is 1.35 bits per heavy atom. The van der Waals surface area contributed by atoms with Crippen LogP contribution in [-0.4, -0.2) is 61.9 Å². The molecule has 0 aromatic carbocycles. The minimum absolute atomic E-state index is 0.00875. The highest BCUT2D eigenvalue weighted by atomic mass is 16.5. The van der Waals surface area contributed by atoms with Crippen LogP contribution in [0.4, 0.5) is 0 Å². The first kappa shape index (κ1) is 16.9. The number of nitrogens with zero attached hydrogens (tertiary/aromatic N) is 1. The van der Waals surface area contributed by atoms with E-state index < -0.39 is 11.4 Å². The van der Waals surface area contributed by atoms with Gasteiger partial charge in [-0.25, -0.2) is 0 Å². The zero-order valence-electron chi connectivity index (χ0n) is 12.4. The number of methoxy groups -OCH3 is 1. The Morgan fingerprint density at radius 2 is 2.10 bits per heavy atom. The van der Waals surface area contributed by atoms with Crippen molar-refractivity contribution < 1.29 is 24.2 Å². The van der Waals surface area contributed by atoms with Crippen LogP contribution in [0.15, 0.2) is 0 Å². The summed E-state index contributed by atoms with van der Waals surface area (Å²) in [7, 11) is 1.57. The number of carboxylic acid groups (broad SMARTS) is 1. The molecule has 0 saturated carbocycles. The highest BCUT2D eigenvalue weighted by molar-refractivity contribution is 5.80. The molecule has 0 aromatic rings. The molecular formula is C14H25NO5. The Balaban J connectivity index is 2.54. The van der Waals surface area contributed by atoms with Crippen molar-refractivity contribution in [2.45, 2.75) is 32.6 Å². The molecule has 1 amide bonds. The molecule has 6 nitrogen and oxygen atoms in total. The lowest BCUT2D eigenvalue weighted by molar-refractivity contribution is -0.156. The van der Waals surface area contributed by atoms with Crippen LogP contribution in [0, 0.1) is 5.41 Å². The Kier molecular flexibility index (Phi) is 6.95. The molecule has 1 fully saturated rings. The maximum Gasteiger partial charge on any atom is 0.311 e. The van der Waals surface area contributed by atoms with Crippen LogP contribution >= 0.6 is 0 Å². The van der Waals surface area contributed by atoms with Crippen molar-refractivity contribution in [2.75, 3.05) is 40.0 Å². The molecule has 1 rings (SSSR count). The molecule has 0 aliphatic carbocycles. The van der Waals surface area contributed by atoms with Crippen LogP contribution in [-0.2, 0) is 19.1 Å². The van der Waals surface area contributed by atoms with Crippen molar-refractivity contribution in [3.63, 3.8) is 0 Å². The number of amides is 1. The summed E-state index contributed by atoms with van der Waals surface area (Å²) < 4.78 is 10.1. The van der Waals surface area contributed by atoms with E-state index in [9.17, 15) is 14.7 Å². The van der Waals surface area contributed by atoms with E-state index in [0.29, 0.717) is 39.1 Å². The molecule has 1 aliphatic rings. The minimum Gasteiger partial charge on any atom is -0.481 e. The lowest BCUT2D eigenvalue weighted by Crippen LogP contribution is -2.50. The molecule has 116 valence electrons. The molecule has 1 atom stereocenters. The number of carboxylic acids is 1. The first-order chi connectivity index (χ1) is 9.55. The van der Waals surface area contributed by atoms with E-state index in [-0.39, 0.29) is 12.5 Å². The first-order valence-corrected chi connectivity index (χ1v) is 7.13. The van der Waals surface area contributed by atoms with Crippen LogP contribution in [0.1, 0.15) is 32.6 Å². The summed E-state index contributed by atoms with van der Waals surface area (Å²) in [6.07, 6.45) is 2.79. The number of ether oxygens (including phenoxy) is 2. The number of aliphatic carboxylic acids is 1. The number of carbonyl (C=O) groups excluding carboxylic acids is 1. The van der Waals surface area contributed by atoms with Gasteiger partial charge in [0.25, 0.3) is 0 Å². The lowest BCUT2D eigenvalue weighted by Gasteiger charge is -2.39. The van der Waals surface area contributed by atoms with E-state index in [1.165, 1.54) is 0 Å². The average Bonchev–Trinajstić information content (AvgIpc) is 2.44. The summed E-state index contributed by atoms with van der Waals surface area (Å²) in [5.74, 6) is -0.931. The third-order valence-corrected chi connectivity index (χ3v) is 3.77. The molecule has 1 N–H and O–H groups in total. The summed E-state index contributed by atoms with van der Waals surface area (Å²) in [6, 6.07) is 0. The van der Waals surface area contributed by atoms with Gasteiger partial charge in [0.05, 0.1) is 18.6 Å². The molecule has 0 aromatic heterocycles. The largest absolute Gasteiger partial charge is 0.481 e. The summed E-state index contributed by atoms with van der Waals surface area (Å²) in [6.45, 7) is 3.69. The predicted octanol–water partition coefficient (Wildman–Crippen LogP) is 1.14. The molecule has 0 radical (unpaired) electrons. The van der Waals surface area contributed by atoms with Crippen molar-refractivity contribution in [3.05, 3.63) is 0 Å². The second-order valence-corrected chi connectivity index (χ2v) is 5.30. The van der Waals surface area contributed by atoms with Gasteiger partial charge in [-0.15, -0.1) is 0 Å². The second kappa shape index (κ2) is 8.21. The van der Waals surface area contributed by atoms with E-state index in [0.717, 1.165) is 12.8 Å². The molecule has 20 heavy (non-hydrogen) atoms. The molecule has 6 heteroatoms. The summed E-state index contributed by atoms with van der Waals surface area (Å²) >= 11 is 0. The van der Waals surface area contributed by atoms with Gasteiger partial charge in [0.2, 0.25) is 5.91 Å². The zero-order chi connectivity index (χ0) is 15.0. The molecular weight excluding hydrogens is 262 g/mol. The van der Waals surface area contributed by atoms with E-state index in [4.69, 9.17) is 9.47 Å².